The molecule has 0 aromatic heterocycles. The van der Waals surface area contributed by atoms with E-state index in [4.69, 9.17) is 11.6 Å². The molecule has 1 unspecified atom stereocenters. The smallest absolute Gasteiger partial charge is 0.383 e. The first-order valence-electron chi connectivity index (χ1n) is 3.39. The minimum absolute atomic E-state index is 0.327. The summed E-state index contributed by atoms with van der Waals surface area (Å²) in [6.07, 6.45) is 0.327. The van der Waals surface area contributed by atoms with Crippen LogP contribution in [0, 0.1) is 0 Å². The molecule has 0 aromatic carbocycles. The fourth-order valence-corrected chi connectivity index (χ4v) is 0.583. The lowest BCUT2D eigenvalue weighted by atomic mass is 10.2. The monoisotopic (exact) mass is 192 g/mol. The number of carbonyl (C=O) groups is 3. The van der Waals surface area contributed by atoms with Crippen molar-refractivity contribution >= 4 is 29.3 Å². The van der Waals surface area contributed by atoms with Gasteiger partial charge in [0.1, 0.15) is 5.38 Å². The Hall–Kier alpha value is -0.900. The molecule has 0 heterocycles. The molecule has 5 heteroatoms. The van der Waals surface area contributed by atoms with Crippen molar-refractivity contribution in [3.63, 3.8) is 0 Å². The number of carbonyl (C=O) groups excluding carboxylic acids is 3. The number of hydrogen-bond acceptors (Lipinski definition) is 4. The largest absolute Gasteiger partial charge is 0.387 e. The predicted molar refractivity (Wildman–Crippen MR) is 41.7 cm³/mol. The first-order valence-corrected chi connectivity index (χ1v) is 3.83. The number of halogens is 1. The third-order valence-corrected chi connectivity index (χ3v) is 1.59. The summed E-state index contributed by atoms with van der Waals surface area (Å²) in [6.45, 7) is 2.69. The Bertz CT molecular complexity index is 211. The quantitative estimate of drug-likeness (QED) is 0.285. The van der Waals surface area contributed by atoms with Gasteiger partial charge in [-0.05, 0) is 6.42 Å². The summed E-state index contributed by atoms with van der Waals surface area (Å²) in [4.78, 5) is 31.8. The van der Waals surface area contributed by atoms with Gasteiger partial charge in [0, 0.05) is 6.92 Å². The number of rotatable bonds is 3. The molecule has 0 radical (unpaired) electrons. The van der Waals surface area contributed by atoms with Crippen molar-refractivity contribution in [2.45, 2.75) is 25.6 Å². The molecule has 0 saturated heterocycles. The average molecular weight is 193 g/mol. The Morgan fingerprint density at radius 2 is 1.92 bits per heavy atom. The Labute approximate surface area is 74.8 Å². The Morgan fingerprint density at radius 1 is 1.42 bits per heavy atom. The van der Waals surface area contributed by atoms with Gasteiger partial charge in [-0.25, -0.2) is 4.79 Å². The van der Waals surface area contributed by atoms with Crippen LogP contribution in [0.2, 0.25) is 0 Å². The van der Waals surface area contributed by atoms with Gasteiger partial charge < -0.3 is 4.74 Å². The van der Waals surface area contributed by atoms with Crippen molar-refractivity contribution in [3.05, 3.63) is 0 Å². The summed E-state index contributed by atoms with van der Waals surface area (Å²) in [6, 6.07) is 0. The topological polar surface area (TPSA) is 60.4 Å². The zero-order valence-electron chi connectivity index (χ0n) is 6.80. The van der Waals surface area contributed by atoms with E-state index in [-0.39, 0.29) is 0 Å². The SMILES string of the molecule is CCC(Cl)C(=O)C(=O)OC(C)=O. The van der Waals surface area contributed by atoms with Crippen molar-refractivity contribution in [2.75, 3.05) is 0 Å². The normalized spacial score (nSPS) is 11.9. The van der Waals surface area contributed by atoms with Gasteiger partial charge in [0.25, 0.3) is 5.78 Å². The zero-order valence-corrected chi connectivity index (χ0v) is 7.55. The van der Waals surface area contributed by atoms with Crippen molar-refractivity contribution in [2.24, 2.45) is 0 Å². The van der Waals surface area contributed by atoms with Gasteiger partial charge in [-0.1, -0.05) is 6.92 Å². The molecule has 0 spiro atoms. The van der Waals surface area contributed by atoms with Crippen LogP contribution in [0.15, 0.2) is 0 Å². The molecule has 0 aliphatic heterocycles. The molecular formula is C7H9ClO4. The molecular weight excluding hydrogens is 184 g/mol. The highest BCUT2D eigenvalue weighted by Gasteiger charge is 2.24. The van der Waals surface area contributed by atoms with Crippen LogP contribution in [0.1, 0.15) is 20.3 Å². The fraction of sp³-hybridized carbons (Fsp3) is 0.571. The molecule has 12 heavy (non-hydrogen) atoms. The Morgan fingerprint density at radius 3 is 2.25 bits per heavy atom. The number of esters is 2. The minimum atomic E-state index is -1.19. The number of Topliss-reactive ketones (excluding diaryl/α,β-unsaturated/α-hetero) is 1. The van der Waals surface area contributed by atoms with Gasteiger partial charge in [0.15, 0.2) is 0 Å². The summed E-state index contributed by atoms with van der Waals surface area (Å²) < 4.78 is 4.02. The number of alkyl halides is 1. The highest BCUT2D eigenvalue weighted by molar-refractivity contribution is 6.48. The molecule has 0 N–H and O–H groups in total. The average Bonchev–Trinajstić information content (AvgIpc) is 2.00. The molecule has 0 fully saturated rings. The summed E-state index contributed by atoms with van der Waals surface area (Å²) in [7, 11) is 0. The van der Waals surface area contributed by atoms with Gasteiger partial charge >= 0.3 is 11.9 Å². The van der Waals surface area contributed by atoms with Gasteiger partial charge in [0.05, 0.1) is 0 Å². The fourth-order valence-electron chi connectivity index (χ4n) is 0.494. The third-order valence-electron chi connectivity index (χ3n) is 1.08. The molecule has 0 rings (SSSR count). The Balaban J connectivity index is 4.11. The van der Waals surface area contributed by atoms with Crippen LogP contribution < -0.4 is 0 Å². The van der Waals surface area contributed by atoms with E-state index in [0.29, 0.717) is 6.42 Å². The second-order valence-electron chi connectivity index (χ2n) is 2.12. The molecule has 4 nitrogen and oxygen atoms in total. The molecule has 1 atom stereocenters. The second-order valence-corrected chi connectivity index (χ2v) is 2.65. The van der Waals surface area contributed by atoms with E-state index in [2.05, 4.69) is 4.74 Å². The van der Waals surface area contributed by atoms with Crippen molar-refractivity contribution in [1.29, 1.82) is 0 Å². The first-order chi connectivity index (χ1) is 5.49. The molecule has 68 valence electrons. The first kappa shape index (κ1) is 11.1. The maximum atomic E-state index is 10.9. The standard InChI is InChI=1S/C7H9ClO4/c1-3-5(8)6(10)7(11)12-4(2)9/h5H,3H2,1-2H3. The van der Waals surface area contributed by atoms with E-state index in [0.717, 1.165) is 6.92 Å². The van der Waals surface area contributed by atoms with E-state index < -0.39 is 23.1 Å². The molecule has 0 saturated carbocycles. The van der Waals surface area contributed by atoms with Crippen molar-refractivity contribution in [3.8, 4) is 0 Å². The molecule has 0 amide bonds. The highest BCUT2D eigenvalue weighted by Crippen LogP contribution is 2.03. The van der Waals surface area contributed by atoms with Crippen molar-refractivity contribution in [1.82, 2.24) is 0 Å². The van der Waals surface area contributed by atoms with Crippen LogP contribution in [-0.2, 0) is 19.1 Å². The summed E-state index contributed by atoms with van der Waals surface area (Å²) in [5.74, 6) is -2.88. The van der Waals surface area contributed by atoms with E-state index >= 15 is 0 Å². The van der Waals surface area contributed by atoms with E-state index in [1.807, 2.05) is 0 Å². The summed E-state index contributed by atoms with van der Waals surface area (Å²) in [5.41, 5.74) is 0. The summed E-state index contributed by atoms with van der Waals surface area (Å²) in [5, 5.41) is -0.906. The lowest BCUT2D eigenvalue weighted by molar-refractivity contribution is -0.162. The van der Waals surface area contributed by atoms with Crippen LogP contribution in [0.25, 0.3) is 0 Å². The minimum Gasteiger partial charge on any atom is -0.387 e. The second kappa shape index (κ2) is 4.87. The van der Waals surface area contributed by atoms with Gasteiger partial charge in [0.2, 0.25) is 0 Å². The lowest BCUT2D eigenvalue weighted by Crippen LogP contribution is -2.27. The molecule has 0 aliphatic carbocycles. The molecule has 0 bridgehead atoms. The van der Waals surface area contributed by atoms with E-state index in [9.17, 15) is 14.4 Å². The van der Waals surface area contributed by atoms with E-state index in [1.165, 1.54) is 0 Å². The molecule has 0 aliphatic rings. The maximum absolute atomic E-state index is 10.9. The number of ketones is 1. The van der Waals surface area contributed by atoms with Crippen LogP contribution in [-0.4, -0.2) is 23.1 Å². The van der Waals surface area contributed by atoms with Crippen LogP contribution >= 0.6 is 11.6 Å². The maximum Gasteiger partial charge on any atom is 0.383 e. The van der Waals surface area contributed by atoms with Gasteiger partial charge in [-0.2, -0.15) is 0 Å². The lowest BCUT2D eigenvalue weighted by Gasteiger charge is -2.02. The van der Waals surface area contributed by atoms with Crippen LogP contribution in [0.3, 0.4) is 0 Å². The molecule has 0 aromatic rings. The van der Waals surface area contributed by atoms with Gasteiger partial charge in [-0.3, -0.25) is 9.59 Å². The zero-order chi connectivity index (χ0) is 9.72. The Kier molecular flexibility index (Phi) is 4.51. The third kappa shape index (κ3) is 3.48. The summed E-state index contributed by atoms with van der Waals surface area (Å²) >= 11 is 5.43. The van der Waals surface area contributed by atoms with Crippen LogP contribution in [0.4, 0.5) is 0 Å². The van der Waals surface area contributed by atoms with Gasteiger partial charge in [-0.15, -0.1) is 11.6 Å². The van der Waals surface area contributed by atoms with Crippen molar-refractivity contribution < 1.29 is 19.1 Å². The number of hydrogen-bond donors (Lipinski definition) is 0. The van der Waals surface area contributed by atoms with Crippen LogP contribution in [0.5, 0.6) is 0 Å². The van der Waals surface area contributed by atoms with E-state index in [1.54, 1.807) is 6.92 Å². The number of ether oxygens (including phenoxy) is 1. The highest BCUT2D eigenvalue weighted by atomic mass is 35.5. The predicted octanol–water partition coefficient (Wildman–Crippen LogP) is 0.663.